The van der Waals surface area contributed by atoms with Gasteiger partial charge in [0.1, 0.15) is 5.82 Å². The number of aromatic nitrogens is 1. The number of nitriles is 1. The molecule has 0 unspecified atom stereocenters. The Morgan fingerprint density at radius 2 is 1.94 bits per heavy atom. The van der Waals surface area contributed by atoms with Gasteiger partial charge >= 0.3 is 0 Å². The Kier molecular flexibility index (Phi) is 3.71. The Morgan fingerprint density at radius 1 is 1.17 bits per heavy atom. The summed E-state index contributed by atoms with van der Waals surface area (Å²) in [5.41, 5.74) is 7.96. The van der Waals surface area contributed by atoms with E-state index >= 15 is 0 Å². The van der Waals surface area contributed by atoms with Crippen molar-refractivity contribution in [2.24, 2.45) is 0 Å². The Balaban J connectivity index is 2.56. The van der Waals surface area contributed by atoms with Crippen molar-refractivity contribution in [1.29, 1.82) is 5.26 Å². The van der Waals surface area contributed by atoms with Gasteiger partial charge < -0.3 is 5.73 Å². The van der Waals surface area contributed by atoms with E-state index in [0.717, 1.165) is 11.1 Å². The van der Waals surface area contributed by atoms with Crippen LogP contribution >= 0.6 is 23.2 Å². The fraction of sp³-hybridized carbons (Fsp3) is 0.0769. The maximum absolute atomic E-state index is 8.80. The van der Waals surface area contributed by atoms with E-state index < -0.39 is 0 Å². The number of hydrogen-bond donors (Lipinski definition) is 1. The highest BCUT2D eigenvalue weighted by Crippen LogP contribution is 2.30. The van der Waals surface area contributed by atoms with Crippen molar-refractivity contribution >= 4 is 29.0 Å². The number of benzene rings is 1. The van der Waals surface area contributed by atoms with Gasteiger partial charge in [-0.3, -0.25) is 0 Å². The average Bonchev–Trinajstić information content (AvgIpc) is 2.34. The van der Waals surface area contributed by atoms with E-state index in [2.05, 4.69) is 11.1 Å². The van der Waals surface area contributed by atoms with Crippen LogP contribution in [-0.4, -0.2) is 4.98 Å². The van der Waals surface area contributed by atoms with Gasteiger partial charge in [0, 0.05) is 5.56 Å². The molecule has 0 aliphatic heterocycles. The van der Waals surface area contributed by atoms with E-state index in [4.69, 9.17) is 34.2 Å². The Morgan fingerprint density at radius 3 is 2.61 bits per heavy atom. The summed E-state index contributed by atoms with van der Waals surface area (Å²) in [7, 11) is 0. The van der Waals surface area contributed by atoms with Gasteiger partial charge in [-0.15, -0.1) is 0 Å². The SMILES string of the molecule is N#CCc1nc(N)ccc1-c1ccc(Cl)c(Cl)c1. The topological polar surface area (TPSA) is 62.7 Å². The molecule has 3 nitrogen and oxygen atoms in total. The molecule has 1 aromatic carbocycles. The lowest BCUT2D eigenvalue weighted by Crippen LogP contribution is -1.98. The Hall–Kier alpha value is -1.76. The van der Waals surface area contributed by atoms with Crippen molar-refractivity contribution in [1.82, 2.24) is 4.98 Å². The molecule has 0 saturated carbocycles. The first-order chi connectivity index (χ1) is 8.61. The van der Waals surface area contributed by atoms with Crippen LogP contribution in [0.3, 0.4) is 0 Å². The summed E-state index contributed by atoms with van der Waals surface area (Å²) in [6.07, 6.45) is 0.195. The molecule has 0 aliphatic rings. The molecule has 0 fully saturated rings. The third-order valence-corrected chi connectivity index (χ3v) is 3.21. The monoisotopic (exact) mass is 277 g/mol. The molecule has 1 aromatic heterocycles. The molecular formula is C13H9Cl2N3. The lowest BCUT2D eigenvalue weighted by Gasteiger charge is -2.08. The zero-order chi connectivity index (χ0) is 13.1. The summed E-state index contributed by atoms with van der Waals surface area (Å²) in [5.74, 6) is 0.393. The van der Waals surface area contributed by atoms with Gasteiger partial charge in [-0.2, -0.15) is 5.26 Å². The van der Waals surface area contributed by atoms with E-state index in [1.54, 1.807) is 18.2 Å². The number of anilines is 1. The molecule has 0 radical (unpaired) electrons. The molecule has 0 atom stereocenters. The maximum atomic E-state index is 8.80. The number of hydrogen-bond acceptors (Lipinski definition) is 3. The Labute approximate surface area is 115 Å². The van der Waals surface area contributed by atoms with Crippen LogP contribution < -0.4 is 5.73 Å². The molecule has 0 aliphatic carbocycles. The summed E-state index contributed by atoms with van der Waals surface area (Å²) < 4.78 is 0. The van der Waals surface area contributed by atoms with Crippen molar-refractivity contribution in [2.45, 2.75) is 6.42 Å². The van der Waals surface area contributed by atoms with Gasteiger partial charge in [0.2, 0.25) is 0 Å². The number of halogens is 2. The second-order valence-electron chi connectivity index (χ2n) is 3.69. The minimum Gasteiger partial charge on any atom is -0.384 e. The summed E-state index contributed by atoms with van der Waals surface area (Å²) in [4.78, 5) is 4.17. The summed E-state index contributed by atoms with van der Waals surface area (Å²) in [5, 5.41) is 9.76. The second kappa shape index (κ2) is 5.26. The minimum absolute atomic E-state index is 0.195. The highest BCUT2D eigenvalue weighted by molar-refractivity contribution is 6.42. The third kappa shape index (κ3) is 2.56. The second-order valence-corrected chi connectivity index (χ2v) is 4.51. The molecule has 5 heteroatoms. The van der Waals surface area contributed by atoms with Gasteiger partial charge in [-0.05, 0) is 29.8 Å². The molecule has 2 N–H and O–H groups in total. The highest BCUT2D eigenvalue weighted by Gasteiger charge is 2.09. The first-order valence-corrected chi connectivity index (χ1v) is 5.95. The van der Waals surface area contributed by atoms with Crippen LogP contribution in [0.2, 0.25) is 10.0 Å². The molecule has 1 heterocycles. The first-order valence-electron chi connectivity index (χ1n) is 5.19. The minimum atomic E-state index is 0.195. The highest BCUT2D eigenvalue weighted by atomic mass is 35.5. The van der Waals surface area contributed by atoms with Crippen LogP contribution in [0.5, 0.6) is 0 Å². The van der Waals surface area contributed by atoms with Crippen LogP contribution in [0.4, 0.5) is 5.82 Å². The fourth-order valence-corrected chi connectivity index (χ4v) is 1.95. The molecule has 2 aromatic rings. The normalized spacial score (nSPS) is 10.1. The van der Waals surface area contributed by atoms with Crippen molar-refractivity contribution in [3.05, 3.63) is 46.1 Å². The standard InChI is InChI=1S/C13H9Cl2N3/c14-10-3-1-8(7-11(10)15)9-2-4-13(17)18-12(9)5-6-16/h1-4,7H,5H2,(H2,17,18). The molecule has 0 spiro atoms. The van der Waals surface area contributed by atoms with Crippen LogP contribution in [0.25, 0.3) is 11.1 Å². The van der Waals surface area contributed by atoms with Crippen molar-refractivity contribution in [2.75, 3.05) is 5.73 Å². The predicted molar refractivity (Wildman–Crippen MR) is 73.4 cm³/mol. The van der Waals surface area contributed by atoms with Crippen LogP contribution in [-0.2, 0) is 6.42 Å². The van der Waals surface area contributed by atoms with E-state index in [1.165, 1.54) is 0 Å². The smallest absolute Gasteiger partial charge is 0.123 e. The summed E-state index contributed by atoms with van der Waals surface area (Å²) in [6.45, 7) is 0. The molecule has 90 valence electrons. The number of rotatable bonds is 2. The van der Waals surface area contributed by atoms with Gasteiger partial charge in [0.05, 0.1) is 28.2 Å². The quantitative estimate of drug-likeness (QED) is 0.910. The molecule has 18 heavy (non-hydrogen) atoms. The van der Waals surface area contributed by atoms with Crippen molar-refractivity contribution < 1.29 is 0 Å². The number of nitrogen functional groups attached to an aromatic ring is 1. The van der Waals surface area contributed by atoms with E-state index in [9.17, 15) is 0 Å². The lowest BCUT2D eigenvalue weighted by atomic mass is 10.0. The molecule has 0 bridgehead atoms. The number of nitrogens with two attached hydrogens (primary N) is 1. The average molecular weight is 278 g/mol. The predicted octanol–water partition coefficient (Wildman–Crippen LogP) is 3.70. The molecular weight excluding hydrogens is 269 g/mol. The van der Waals surface area contributed by atoms with E-state index in [0.29, 0.717) is 21.6 Å². The largest absolute Gasteiger partial charge is 0.384 e. The van der Waals surface area contributed by atoms with Gasteiger partial charge in [-0.25, -0.2) is 4.98 Å². The van der Waals surface area contributed by atoms with Crippen LogP contribution in [0, 0.1) is 11.3 Å². The molecule has 0 saturated heterocycles. The van der Waals surface area contributed by atoms with E-state index in [-0.39, 0.29) is 6.42 Å². The third-order valence-electron chi connectivity index (χ3n) is 2.47. The van der Waals surface area contributed by atoms with Crippen LogP contribution in [0.1, 0.15) is 5.69 Å². The van der Waals surface area contributed by atoms with Gasteiger partial charge in [0.25, 0.3) is 0 Å². The summed E-state index contributed by atoms with van der Waals surface area (Å²) >= 11 is 11.9. The Bertz CT molecular complexity index is 633. The number of nitrogens with zero attached hydrogens (tertiary/aromatic N) is 2. The zero-order valence-electron chi connectivity index (χ0n) is 9.32. The zero-order valence-corrected chi connectivity index (χ0v) is 10.8. The molecule has 0 amide bonds. The summed E-state index contributed by atoms with van der Waals surface area (Å²) in [6, 6.07) is 10.9. The number of pyridine rings is 1. The van der Waals surface area contributed by atoms with Crippen molar-refractivity contribution in [3.8, 4) is 17.2 Å². The van der Waals surface area contributed by atoms with Gasteiger partial charge in [-0.1, -0.05) is 29.3 Å². The first kappa shape index (κ1) is 12.7. The molecule has 2 rings (SSSR count). The fourth-order valence-electron chi connectivity index (χ4n) is 1.65. The van der Waals surface area contributed by atoms with E-state index in [1.807, 2.05) is 12.1 Å². The van der Waals surface area contributed by atoms with Gasteiger partial charge in [0.15, 0.2) is 0 Å². The maximum Gasteiger partial charge on any atom is 0.123 e. The lowest BCUT2D eigenvalue weighted by molar-refractivity contribution is 1.13. The van der Waals surface area contributed by atoms with Crippen molar-refractivity contribution in [3.63, 3.8) is 0 Å². The van der Waals surface area contributed by atoms with Crippen LogP contribution in [0.15, 0.2) is 30.3 Å².